The summed E-state index contributed by atoms with van der Waals surface area (Å²) in [5, 5.41) is 10.0. The van der Waals surface area contributed by atoms with Crippen molar-refractivity contribution in [3.05, 3.63) is 78.9 Å². The molecule has 0 fully saturated rings. The first-order valence-electron chi connectivity index (χ1n) is 8.69. The Kier molecular flexibility index (Phi) is 8.60. The number of urea groups is 2. The Hall–Kier alpha value is -2.89. The fourth-order valence-electron chi connectivity index (χ4n) is 2.55. The van der Waals surface area contributed by atoms with Gasteiger partial charge in [0.25, 0.3) is 10.1 Å². The minimum Gasteiger partial charge on any atom is -1.00 e. The summed E-state index contributed by atoms with van der Waals surface area (Å²) < 4.78 is 32.7. The Morgan fingerprint density at radius 2 is 1.13 bits per heavy atom. The molecule has 0 spiro atoms. The number of rotatable bonds is 5. The third kappa shape index (κ3) is 7.39. The second kappa shape index (κ2) is 10.9. The second-order valence-corrected chi connectivity index (χ2v) is 7.47. The van der Waals surface area contributed by atoms with Crippen molar-refractivity contribution >= 4 is 44.9 Å². The molecule has 156 valence electrons. The van der Waals surface area contributed by atoms with E-state index >= 15 is 0 Å². The van der Waals surface area contributed by atoms with Gasteiger partial charge in [-0.25, -0.2) is 9.59 Å². The summed E-state index contributed by atoms with van der Waals surface area (Å²) in [6.45, 7) is 0. The van der Waals surface area contributed by atoms with Crippen LogP contribution in [-0.4, -0.2) is 25.0 Å². The maximum absolute atomic E-state index is 12.2. The van der Waals surface area contributed by atoms with Crippen LogP contribution in [0.1, 0.15) is 1.43 Å². The molecule has 0 heterocycles. The van der Waals surface area contributed by atoms with Crippen molar-refractivity contribution in [2.24, 2.45) is 0 Å². The van der Waals surface area contributed by atoms with E-state index in [4.69, 9.17) is 0 Å². The zero-order valence-electron chi connectivity index (χ0n) is 17.5. The van der Waals surface area contributed by atoms with Gasteiger partial charge in [0.05, 0.1) is 5.69 Å². The predicted octanol–water partition coefficient (Wildman–Crippen LogP) is 1.34. The Labute approximate surface area is 202 Å². The standard InChI is InChI=1S/C20H18N4O5S.Na.H/c25-19(21-14-7-3-1-4-8-14)23-16-11-12-18(30(27,28)29)17(13-16)24-20(26)22-15-9-5-2-6-10-15;;/h1-13H,(H2,21,23,25)(H2,22,24,26)(H,27,28,29);;/q;+1;-1. The van der Waals surface area contributed by atoms with E-state index in [0.717, 1.165) is 6.07 Å². The van der Waals surface area contributed by atoms with Crippen LogP contribution in [0.3, 0.4) is 0 Å². The largest absolute Gasteiger partial charge is 1.00 e. The van der Waals surface area contributed by atoms with Gasteiger partial charge >= 0.3 is 41.6 Å². The summed E-state index contributed by atoms with van der Waals surface area (Å²) in [6.07, 6.45) is 0. The minimum absolute atomic E-state index is 0. The number of carbonyl (C=O) groups excluding carboxylic acids is 2. The number of hydrogen-bond donors (Lipinski definition) is 5. The molecule has 0 aromatic heterocycles. The van der Waals surface area contributed by atoms with E-state index in [1.165, 1.54) is 12.1 Å². The second-order valence-electron chi connectivity index (χ2n) is 6.08. The zero-order valence-corrected chi connectivity index (χ0v) is 19.3. The Bertz CT molecular complexity index is 1170. The molecular formula is C20H19N4NaO5S. The van der Waals surface area contributed by atoms with Crippen LogP contribution in [0.4, 0.5) is 32.3 Å². The normalized spacial score (nSPS) is 10.4. The number of amides is 4. The van der Waals surface area contributed by atoms with E-state index in [9.17, 15) is 22.6 Å². The topological polar surface area (TPSA) is 137 Å². The summed E-state index contributed by atoms with van der Waals surface area (Å²) in [5.41, 5.74) is 1.04. The Morgan fingerprint density at radius 3 is 1.61 bits per heavy atom. The molecule has 0 bridgehead atoms. The van der Waals surface area contributed by atoms with E-state index in [-0.39, 0.29) is 42.4 Å². The molecule has 9 nitrogen and oxygen atoms in total. The van der Waals surface area contributed by atoms with Gasteiger partial charge in [0.15, 0.2) is 0 Å². The molecule has 0 saturated carbocycles. The molecule has 31 heavy (non-hydrogen) atoms. The third-order valence-electron chi connectivity index (χ3n) is 3.83. The number of hydrogen-bond acceptors (Lipinski definition) is 4. The predicted molar refractivity (Wildman–Crippen MR) is 116 cm³/mol. The summed E-state index contributed by atoms with van der Waals surface area (Å²) in [7, 11) is -4.62. The molecule has 0 aliphatic carbocycles. The quantitative estimate of drug-likeness (QED) is 0.295. The molecule has 4 amide bonds. The van der Waals surface area contributed by atoms with Crippen LogP contribution >= 0.6 is 0 Å². The molecule has 3 rings (SSSR count). The van der Waals surface area contributed by atoms with Gasteiger partial charge in [-0.05, 0) is 42.5 Å². The summed E-state index contributed by atoms with van der Waals surface area (Å²) >= 11 is 0. The number of anilines is 4. The van der Waals surface area contributed by atoms with E-state index in [0.29, 0.717) is 11.4 Å². The van der Waals surface area contributed by atoms with Gasteiger partial charge in [-0.1, -0.05) is 36.4 Å². The average Bonchev–Trinajstić information content (AvgIpc) is 2.68. The number of carbonyl (C=O) groups is 2. The molecule has 0 radical (unpaired) electrons. The maximum atomic E-state index is 12.2. The summed E-state index contributed by atoms with van der Waals surface area (Å²) in [6, 6.07) is 19.5. The van der Waals surface area contributed by atoms with Gasteiger partial charge in [-0.2, -0.15) is 8.42 Å². The van der Waals surface area contributed by atoms with Gasteiger partial charge in [-0.3, -0.25) is 4.55 Å². The van der Waals surface area contributed by atoms with Gasteiger partial charge in [0.2, 0.25) is 0 Å². The molecular weight excluding hydrogens is 431 g/mol. The molecule has 3 aromatic carbocycles. The van der Waals surface area contributed by atoms with E-state index in [1.807, 2.05) is 0 Å². The molecule has 3 aromatic rings. The summed E-state index contributed by atoms with van der Waals surface area (Å²) in [4.78, 5) is 23.9. The van der Waals surface area contributed by atoms with Crippen LogP contribution < -0.4 is 50.8 Å². The van der Waals surface area contributed by atoms with Crippen LogP contribution in [-0.2, 0) is 10.1 Å². The fourth-order valence-corrected chi connectivity index (χ4v) is 3.18. The van der Waals surface area contributed by atoms with Crippen LogP contribution in [0.15, 0.2) is 83.8 Å². The Morgan fingerprint density at radius 1 is 0.677 bits per heavy atom. The van der Waals surface area contributed by atoms with Gasteiger partial charge in [0, 0.05) is 17.1 Å². The van der Waals surface area contributed by atoms with Crippen molar-refractivity contribution in [2.75, 3.05) is 21.3 Å². The van der Waals surface area contributed by atoms with Crippen LogP contribution in [0.2, 0.25) is 0 Å². The van der Waals surface area contributed by atoms with E-state index in [1.54, 1.807) is 60.7 Å². The first-order chi connectivity index (χ1) is 14.3. The van der Waals surface area contributed by atoms with Crippen molar-refractivity contribution < 1.29 is 53.5 Å². The van der Waals surface area contributed by atoms with Crippen LogP contribution in [0.25, 0.3) is 0 Å². The number of para-hydroxylation sites is 2. The Balaban J connectivity index is 0.00000256. The van der Waals surface area contributed by atoms with E-state index < -0.39 is 27.1 Å². The molecule has 0 aliphatic heterocycles. The SMILES string of the molecule is O=C(Nc1ccccc1)Nc1ccc(S(=O)(=O)O)c(NC(=O)Nc2ccccc2)c1.[H-].[Na+]. The first kappa shape index (κ1) is 24.4. The first-order valence-corrected chi connectivity index (χ1v) is 10.1. The molecule has 0 atom stereocenters. The monoisotopic (exact) mass is 450 g/mol. The van der Waals surface area contributed by atoms with Gasteiger partial charge < -0.3 is 22.7 Å². The molecule has 0 saturated heterocycles. The van der Waals surface area contributed by atoms with Crippen molar-refractivity contribution in [1.29, 1.82) is 0 Å². The van der Waals surface area contributed by atoms with Crippen molar-refractivity contribution in [3.8, 4) is 0 Å². The number of nitrogens with one attached hydrogen (secondary N) is 4. The van der Waals surface area contributed by atoms with Gasteiger partial charge in [-0.15, -0.1) is 0 Å². The van der Waals surface area contributed by atoms with Crippen molar-refractivity contribution in [3.63, 3.8) is 0 Å². The molecule has 0 aliphatic rings. The van der Waals surface area contributed by atoms with Crippen molar-refractivity contribution in [1.82, 2.24) is 0 Å². The zero-order chi connectivity index (χ0) is 21.6. The smallest absolute Gasteiger partial charge is 1.00 e. The van der Waals surface area contributed by atoms with Gasteiger partial charge in [0.1, 0.15) is 4.90 Å². The van der Waals surface area contributed by atoms with Crippen LogP contribution in [0.5, 0.6) is 0 Å². The van der Waals surface area contributed by atoms with Crippen molar-refractivity contribution in [2.45, 2.75) is 4.90 Å². The maximum Gasteiger partial charge on any atom is 1.00 e. The molecule has 11 heteroatoms. The summed E-state index contributed by atoms with van der Waals surface area (Å²) in [5.74, 6) is 0. The molecule has 5 N–H and O–H groups in total. The van der Waals surface area contributed by atoms with Crippen LogP contribution in [0, 0.1) is 0 Å². The minimum atomic E-state index is -4.62. The molecule has 0 unspecified atom stereocenters. The number of benzene rings is 3. The fraction of sp³-hybridized carbons (Fsp3) is 0. The third-order valence-corrected chi connectivity index (χ3v) is 4.74. The van der Waals surface area contributed by atoms with E-state index in [2.05, 4.69) is 21.3 Å². The average molecular weight is 450 g/mol.